The fraction of sp³-hybridized carbons (Fsp3) is 0.188. The second-order valence-corrected chi connectivity index (χ2v) is 4.06. The minimum atomic E-state index is 0.263. The van der Waals surface area contributed by atoms with Crippen LogP contribution in [0.4, 0.5) is 0 Å². The van der Waals surface area contributed by atoms with Crippen LogP contribution in [0.25, 0.3) is 0 Å². The molecule has 0 bridgehead atoms. The molecule has 1 heteroatoms. The van der Waals surface area contributed by atoms with Gasteiger partial charge in [-0.1, -0.05) is 67.6 Å². The summed E-state index contributed by atoms with van der Waals surface area (Å²) in [6.45, 7) is 4.81. The van der Waals surface area contributed by atoms with Gasteiger partial charge in [0.15, 0.2) is 0 Å². The Labute approximate surface area is 103 Å². The maximum atomic E-state index is 3.88. The third-order valence-electron chi connectivity index (χ3n) is 2.79. The molecule has 0 atom stereocenters. The molecule has 0 saturated carbocycles. The molecule has 0 aliphatic heterocycles. The second kappa shape index (κ2) is 6.21. The van der Waals surface area contributed by atoms with Crippen LogP contribution in [0.2, 0.25) is 0 Å². The van der Waals surface area contributed by atoms with Crippen LogP contribution in [-0.2, 0) is 0 Å². The van der Waals surface area contributed by atoms with Crippen molar-refractivity contribution in [2.45, 2.75) is 12.5 Å². The summed E-state index contributed by atoms with van der Waals surface area (Å²) in [7, 11) is 0. The molecule has 0 fully saturated rings. The van der Waals surface area contributed by atoms with Gasteiger partial charge >= 0.3 is 0 Å². The van der Waals surface area contributed by atoms with Gasteiger partial charge in [0, 0.05) is 0 Å². The van der Waals surface area contributed by atoms with Crippen molar-refractivity contribution in [3.63, 3.8) is 0 Å². The SMILES string of the molecule is [CH2]CCNC(c1ccccc1)c1ccccc1. The van der Waals surface area contributed by atoms with Crippen molar-refractivity contribution in [3.05, 3.63) is 78.7 Å². The van der Waals surface area contributed by atoms with E-state index in [1.54, 1.807) is 0 Å². The molecule has 17 heavy (non-hydrogen) atoms. The molecule has 1 radical (unpaired) electrons. The first kappa shape index (κ1) is 11.9. The number of hydrogen-bond donors (Lipinski definition) is 1. The van der Waals surface area contributed by atoms with Crippen LogP contribution < -0.4 is 5.32 Å². The van der Waals surface area contributed by atoms with Gasteiger partial charge in [-0.15, -0.1) is 0 Å². The molecule has 1 N–H and O–H groups in total. The van der Waals surface area contributed by atoms with E-state index < -0.39 is 0 Å². The zero-order chi connectivity index (χ0) is 11.9. The summed E-state index contributed by atoms with van der Waals surface area (Å²) in [5, 5.41) is 3.54. The first-order chi connectivity index (χ1) is 8.42. The molecule has 0 spiro atoms. The molecule has 1 nitrogen and oxygen atoms in total. The van der Waals surface area contributed by atoms with Gasteiger partial charge in [-0.3, -0.25) is 0 Å². The van der Waals surface area contributed by atoms with Crippen molar-refractivity contribution >= 4 is 0 Å². The van der Waals surface area contributed by atoms with Crippen LogP contribution in [0.15, 0.2) is 60.7 Å². The zero-order valence-electron chi connectivity index (χ0n) is 9.97. The van der Waals surface area contributed by atoms with Gasteiger partial charge in [-0.25, -0.2) is 0 Å². The molecule has 0 saturated heterocycles. The molecule has 0 unspecified atom stereocenters. The highest BCUT2D eigenvalue weighted by Gasteiger charge is 2.11. The Balaban J connectivity index is 2.26. The van der Waals surface area contributed by atoms with Gasteiger partial charge in [-0.05, 0) is 24.1 Å². The summed E-state index contributed by atoms with van der Waals surface area (Å²) >= 11 is 0. The molecule has 0 heterocycles. The average molecular weight is 224 g/mol. The van der Waals surface area contributed by atoms with Crippen molar-refractivity contribution in [2.75, 3.05) is 6.54 Å². The third-order valence-corrected chi connectivity index (χ3v) is 2.79. The highest BCUT2D eigenvalue weighted by Crippen LogP contribution is 2.21. The average Bonchev–Trinajstić information content (AvgIpc) is 2.42. The summed E-state index contributed by atoms with van der Waals surface area (Å²) in [5.41, 5.74) is 2.60. The first-order valence-corrected chi connectivity index (χ1v) is 6.04. The first-order valence-electron chi connectivity index (χ1n) is 6.04. The van der Waals surface area contributed by atoms with Crippen LogP contribution in [-0.4, -0.2) is 6.54 Å². The number of benzene rings is 2. The standard InChI is InChI=1S/C16H18N/c1-2-13-17-16(14-9-5-3-6-10-14)15-11-7-4-8-12-15/h3-12,16-17H,1-2,13H2. The lowest BCUT2D eigenvalue weighted by Gasteiger charge is -2.19. The summed E-state index contributed by atoms with van der Waals surface area (Å²) in [5.74, 6) is 0. The fourth-order valence-corrected chi connectivity index (χ4v) is 1.97. The minimum Gasteiger partial charge on any atom is -0.306 e. The topological polar surface area (TPSA) is 12.0 Å². The van der Waals surface area contributed by atoms with E-state index >= 15 is 0 Å². The molecule has 0 aromatic heterocycles. The highest BCUT2D eigenvalue weighted by atomic mass is 14.9. The summed E-state index contributed by atoms with van der Waals surface area (Å²) < 4.78 is 0. The van der Waals surface area contributed by atoms with Crippen molar-refractivity contribution < 1.29 is 0 Å². The minimum absolute atomic E-state index is 0.263. The van der Waals surface area contributed by atoms with Gasteiger partial charge in [0.2, 0.25) is 0 Å². The van der Waals surface area contributed by atoms with Crippen molar-refractivity contribution in [1.29, 1.82) is 0 Å². The van der Waals surface area contributed by atoms with E-state index in [9.17, 15) is 0 Å². The molecule has 2 rings (SSSR count). The Morgan fingerprint density at radius 1 is 0.824 bits per heavy atom. The Bertz CT molecular complexity index is 382. The van der Waals surface area contributed by atoms with E-state index in [0.29, 0.717) is 0 Å². The molecular weight excluding hydrogens is 206 g/mol. The molecule has 2 aromatic rings. The monoisotopic (exact) mass is 224 g/mol. The van der Waals surface area contributed by atoms with Crippen LogP contribution in [0.5, 0.6) is 0 Å². The number of nitrogens with one attached hydrogen (secondary N) is 1. The van der Waals surface area contributed by atoms with Crippen molar-refractivity contribution in [3.8, 4) is 0 Å². The smallest absolute Gasteiger partial charge is 0.0576 e. The maximum Gasteiger partial charge on any atom is 0.0576 e. The summed E-state index contributed by atoms with van der Waals surface area (Å²) in [4.78, 5) is 0. The molecule has 87 valence electrons. The lowest BCUT2D eigenvalue weighted by Crippen LogP contribution is -2.23. The third kappa shape index (κ3) is 3.18. The Morgan fingerprint density at radius 2 is 1.29 bits per heavy atom. The van der Waals surface area contributed by atoms with E-state index in [-0.39, 0.29) is 6.04 Å². The lowest BCUT2D eigenvalue weighted by molar-refractivity contribution is 0.610. The molecular formula is C16H18N. The Hall–Kier alpha value is -1.60. The second-order valence-electron chi connectivity index (χ2n) is 4.06. The van der Waals surface area contributed by atoms with Crippen LogP contribution in [0, 0.1) is 6.92 Å². The predicted molar refractivity (Wildman–Crippen MR) is 72.7 cm³/mol. The molecule has 2 aromatic carbocycles. The zero-order valence-corrected chi connectivity index (χ0v) is 9.97. The lowest BCUT2D eigenvalue weighted by atomic mass is 9.99. The number of hydrogen-bond acceptors (Lipinski definition) is 1. The Kier molecular flexibility index (Phi) is 4.34. The van der Waals surface area contributed by atoms with E-state index in [1.165, 1.54) is 11.1 Å². The summed E-state index contributed by atoms with van der Waals surface area (Å²) in [6.07, 6.45) is 0.899. The van der Waals surface area contributed by atoms with E-state index in [2.05, 4.69) is 60.8 Å². The highest BCUT2D eigenvalue weighted by molar-refractivity contribution is 5.31. The maximum absolute atomic E-state index is 3.88. The van der Waals surface area contributed by atoms with Crippen molar-refractivity contribution in [1.82, 2.24) is 5.32 Å². The van der Waals surface area contributed by atoms with Crippen molar-refractivity contribution in [2.24, 2.45) is 0 Å². The van der Waals surface area contributed by atoms with Crippen LogP contribution in [0.1, 0.15) is 23.6 Å². The van der Waals surface area contributed by atoms with E-state index in [1.807, 2.05) is 12.1 Å². The molecule has 0 amide bonds. The molecule has 0 aliphatic carbocycles. The molecule has 0 aliphatic rings. The van der Waals surface area contributed by atoms with Gasteiger partial charge in [0.25, 0.3) is 0 Å². The van der Waals surface area contributed by atoms with Crippen LogP contribution >= 0.6 is 0 Å². The van der Waals surface area contributed by atoms with Gasteiger partial charge in [0.05, 0.1) is 6.04 Å². The van der Waals surface area contributed by atoms with E-state index in [0.717, 1.165) is 13.0 Å². The van der Waals surface area contributed by atoms with Crippen LogP contribution in [0.3, 0.4) is 0 Å². The summed E-state index contributed by atoms with van der Waals surface area (Å²) in [6, 6.07) is 21.3. The Morgan fingerprint density at radius 3 is 1.71 bits per heavy atom. The fourth-order valence-electron chi connectivity index (χ4n) is 1.97. The van der Waals surface area contributed by atoms with Gasteiger partial charge < -0.3 is 5.32 Å². The van der Waals surface area contributed by atoms with E-state index in [4.69, 9.17) is 0 Å². The predicted octanol–water partition coefficient (Wildman–Crippen LogP) is 3.59. The normalized spacial score (nSPS) is 10.7. The largest absolute Gasteiger partial charge is 0.306 e. The number of rotatable bonds is 5. The van der Waals surface area contributed by atoms with Gasteiger partial charge in [-0.2, -0.15) is 0 Å². The quantitative estimate of drug-likeness (QED) is 0.818. The van der Waals surface area contributed by atoms with Gasteiger partial charge in [0.1, 0.15) is 0 Å².